The zero-order chi connectivity index (χ0) is 23.7. The topological polar surface area (TPSA) is 50.8 Å². The maximum absolute atomic E-state index is 13.0. The highest BCUT2D eigenvalue weighted by Crippen LogP contribution is 2.35. The summed E-state index contributed by atoms with van der Waals surface area (Å²) in [5, 5.41) is 2.40. The molecule has 32 heavy (non-hydrogen) atoms. The number of alkyl halides is 3. The number of ether oxygens (including phenoxy) is 2. The van der Waals surface area contributed by atoms with E-state index < -0.39 is 11.7 Å². The van der Waals surface area contributed by atoms with Gasteiger partial charge in [-0.25, -0.2) is 0 Å². The van der Waals surface area contributed by atoms with Gasteiger partial charge in [-0.15, -0.1) is 0 Å². The summed E-state index contributed by atoms with van der Waals surface area (Å²) < 4.78 is 50.5. The van der Waals surface area contributed by atoms with Gasteiger partial charge in [0.15, 0.2) is 0 Å². The molecule has 0 saturated carbocycles. The van der Waals surface area contributed by atoms with E-state index in [1.165, 1.54) is 12.1 Å². The van der Waals surface area contributed by atoms with Crippen molar-refractivity contribution in [2.75, 3.05) is 40.4 Å². The smallest absolute Gasteiger partial charge is 0.417 e. The van der Waals surface area contributed by atoms with E-state index in [-0.39, 0.29) is 30.3 Å². The van der Waals surface area contributed by atoms with Gasteiger partial charge in [-0.2, -0.15) is 13.2 Å². The molecule has 176 valence electrons. The average molecular weight is 473 g/mol. The van der Waals surface area contributed by atoms with Crippen LogP contribution in [0.5, 0.6) is 11.5 Å². The van der Waals surface area contributed by atoms with Crippen molar-refractivity contribution in [1.29, 1.82) is 0 Å². The molecule has 0 unspecified atom stereocenters. The largest absolute Gasteiger partial charge is 0.493 e. The van der Waals surface area contributed by atoms with E-state index in [1.54, 1.807) is 18.2 Å². The van der Waals surface area contributed by atoms with Crippen LogP contribution < -0.4 is 14.8 Å². The van der Waals surface area contributed by atoms with E-state index in [4.69, 9.17) is 21.1 Å². The third-order valence-corrected chi connectivity index (χ3v) is 4.92. The van der Waals surface area contributed by atoms with Crippen LogP contribution in [0.4, 0.5) is 13.2 Å². The van der Waals surface area contributed by atoms with Crippen LogP contribution in [-0.2, 0) is 23.8 Å². The van der Waals surface area contributed by atoms with Crippen LogP contribution in [0.15, 0.2) is 36.4 Å². The highest BCUT2D eigenvalue weighted by Gasteiger charge is 2.33. The Labute approximate surface area is 191 Å². The summed E-state index contributed by atoms with van der Waals surface area (Å²) >= 11 is 5.65. The fraction of sp³-hybridized carbons (Fsp3) is 0.435. The lowest BCUT2D eigenvalue weighted by Crippen LogP contribution is -2.28. The number of hydrogen-bond donors (Lipinski definition) is 1. The molecule has 0 spiro atoms. The van der Waals surface area contributed by atoms with Gasteiger partial charge in [-0.1, -0.05) is 23.7 Å². The zero-order valence-electron chi connectivity index (χ0n) is 18.4. The predicted octanol–water partition coefficient (Wildman–Crippen LogP) is 4.60. The first-order chi connectivity index (χ1) is 15.1. The Bertz CT molecular complexity index is 905. The lowest BCUT2D eigenvalue weighted by Gasteiger charge is -2.17. The first kappa shape index (κ1) is 25.8. The standard InChI is InChI=1S/C23H28ClF3N2O3/c1-4-31-20-6-5-7-21(32-13-12-29(2)3)17(20)15-22(30)28-11-10-16-8-9-19(24)18(14-16)23(25,26)27/h5-9,14H,4,10-13,15H2,1-3H3,(H,28,30). The first-order valence-corrected chi connectivity index (χ1v) is 10.6. The molecule has 0 fully saturated rings. The van der Waals surface area contributed by atoms with Crippen LogP contribution >= 0.6 is 11.6 Å². The summed E-state index contributed by atoms with van der Waals surface area (Å²) in [6.07, 6.45) is -4.25. The molecular formula is C23H28ClF3N2O3. The van der Waals surface area contributed by atoms with Crippen molar-refractivity contribution >= 4 is 17.5 Å². The molecule has 0 saturated heterocycles. The minimum atomic E-state index is -4.53. The molecule has 0 radical (unpaired) electrons. The van der Waals surface area contributed by atoms with Crippen LogP contribution in [0.25, 0.3) is 0 Å². The molecule has 1 N–H and O–H groups in total. The summed E-state index contributed by atoms with van der Waals surface area (Å²) in [6, 6.07) is 9.11. The summed E-state index contributed by atoms with van der Waals surface area (Å²) in [5.41, 5.74) is 0.189. The Balaban J connectivity index is 2.01. The summed E-state index contributed by atoms with van der Waals surface area (Å²) in [5.74, 6) is 0.859. The van der Waals surface area contributed by atoms with Gasteiger partial charge in [0.05, 0.1) is 23.6 Å². The van der Waals surface area contributed by atoms with Gasteiger partial charge in [0.2, 0.25) is 5.91 Å². The molecule has 9 heteroatoms. The molecule has 2 rings (SSSR count). The Morgan fingerprint density at radius 1 is 1.12 bits per heavy atom. The quantitative estimate of drug-likeness (QED) is 0.519. The fourth-order valence-electron chi connectivity index (χ4n) is 3.00. The molecule has 0 aliphatic rings. The monoisotopic (exact) mass is 472 g/mol. The van der Waals surface area contributed by atoms with E-state index in [1.807, 2.05) is 25.9 Å². The number of carbonyl (C=O) groups is 1. The van der Waals surface area contributed by atoms with E-state index in [9.17, 15) is 18.0 Å². The van der Waals surface area contributed by atoms with Crippen molar-refractivity contribution in [3.05, 3.63) is 58.1 Å². The number of amides is 1. The van der Waals surface area contributed by atoms with Crippen LogP contribution in [0, 0.1) is 0 Å². The molecular weight excluding hydrogens is 445 g/mol. The Morgan fingerprint density at radius 3 is 2.44 bits per heavy atom. The molecule has 1 amide bonds. The predicted molar refractivity (Wildman–Crippen MR) is 119 cm³/mol. The molecule has 0 aliphatic heterocycles. The number of benzene rings is 2. The Morgan fingerprint density at radius 2 is 1.81 bits per heavy atom. The molecule has 0 atom stereocenters. The van der Waals surface area contributed by atoms with Crippen molar-refractivity contribution in [3.8, 4) is 11.5 Å². The lowest BCUT2D eigenvalue weighted by atomic mass is 10.1. The van der Waals surface area contributed by atoms with Gasteiger partial charge in [0.1, 0.15) is 18.1 Å². The van der Waals surface area contributed by atoms with Crippen molar-refractivity contribution in [3.63, 3.8) is 0 Å². The molecule has 0 bridgehead atoms. The van der Waals surface area contributed by atoms with Gasteiger partial charge in [-0.05, 0) is 57.3 Å². The van der Waals surface area contributed by atoms with Crippen LogP contribution in [0.2, 0.25) is 5.02 Å². The Kier molecular flexibility index (Phi) is 9.65. The number of likely N-dealkylation sites (N-methyl/N-ethyl adjacent to an activating group) is 1. The first-order valence-electron chi connectivity index (χ1n) is 10.3. The number of hydrogen-bond acceptors (Lipinski definition) is 4. The fourth-order valence-corrected chi connectivity index (χ4v) is 3.22. The van der Waals surface area contributed by atoms with Gasteiger partial charge < -0.3 is 19.7 Å². The third kappa shape index (κ3) is 7.91. The van der Waals surface area contributed by atoms with E-state index in [2.05, 4.69) is 5.32 Å². The SMILES string of the molecule is CCOc1cccc(OCCN(C)C)c1CC(=O)NCCc1ccc(Cl)c(C(F)(F)F)c1. The number of rotatable bonds is 11. The number of nitrogens with one attached hydrogen (secondary N) is 1. The van der Waals surface area contributed by atoms with E-state index in [0.29, 0.717) is 42.4 Å². The zero-order valence-corrected chi connectivity index (χ0v) is 19.1. The highest BCUT2D eigenvalue weighted by atomic mass is 35.5. The van der Waals surface area contributed by atoms with Gasteiger partial charge in [0, 0.05) is 18.7 Å². The van der Waals surface area contributed by atoms with Crippen LogP contribution in [-0.4, -0.2) is 51.2 Å². The minimum Gasteiger partial charge on any atom is -0.493 e. The third-order valence-electron chi connectivity index (χ3n) is 4.60. The lowest BCUT2D eigenvalue weighted by molar-refractivity contribution is -0.137. The minimum absolute atomic E-state index is 0.0297. The molecule has 0 heterocycles. The number of halogens is 4. The number of nitrogens with zero attached hydrogens (tertiary/aromatic N) is 1. The number of carbonyl (C=O) groups excluding carboxylic acids is 1. The molecule has 0 aliphatic carbocycles. The second-order valence-electron chi connectivity index (χ2n) is 7.41. The van der Waals surface area contributed by atoms with Crippen molar-refractivity contribution in [1.82, 2.24) is 10.2 Å². The van der Waals surface area contributed by atoms with Crippen molar-refractivity contribution in [2.45, 2.75) is 25.9 Å². The summed E-state index contributed by atoms with van der Waals surface area (Å²) in [6.45, 7) is 3.64. The Hall–Kier alpha value is -2.45. The summed E-state index contributed by atoms with van der Waals surface area (Å²) in [4.78, 5) is 14.5. The summed E-state index contributed by atoms with van der Waals surface area (Å²) in [7, 11) is 3.87. The van der Waals surface area contributed by atoms with Gasteiger partial charge >= 0.3 is 6.18 Å². The van der Waals surface area contributed by atoms with E-state index >= 15 is 0 Å². The molecule has 2 aromatic rings. The molecule has 0 aromatic heterocycles. The van der Waals surface area contributed by atoms with Crippen molar-refractivity contribution in [2.24, 2.45) is 0 Å². The van der Waals surface area contributed by atoms with Gasteiger partial charge in [0.25, 0.3) is 0 Å². The second-order valence-corrected chi connectivity index (χ2v) is 7.81. The van der Waals surface area contributed by atoms with Crippen LogP contribution in [0.1, 0.15) is 23.6 Å². The van der Waals surface area contributed by atoms with Crippen LogP contribution in [0.3, 0.4) is 0 Å². The normalized spacial score (nSPS) is 11.5. The molecule has 5 nitrogen and oxygen atoms in total. The maximum Gasteiger partial charge on any atom is 0.417 e. The van der Waals surface area contributed by atoms with Gasteiger partial charge in [-0.3, -0.25) is 4.79 Å². The maximum atomic E-state index is 13.0. The van der Waals surface area contributed by atoms with Crippen molar-refractivity contribution < 1.29 is 27.4 Å². The molecule has 2 aromatic carbocycles. The van der Waals surface area contributed by atoms with E-state index in [0.717, 1.165) is 6.07 Å². The highest BCUT2D eigenvalue weighted by molar-refractivity contribution is 6.31. The second kappa shape index (κ2) is 12.0. The average Bonchev–Trinajstić information content (AvgIpc) is 2.70.